The molecule has 4 rings (SSSR count). The first kappa shape index (κ1) is 22.0. The molecule has 2 atom stereocenters. The monoisotopic (exact) mass is 447 g/mol. The van der Waals surface area contributed by atoms with Crippen molar-refractivity contribution in [3.63, 3.8) is 0 Å². The van der Waals surface area contributed by atoms with Crippen molar-refractivity contribution in [2.75, 3.05) is 11.9 Å². The standard InChI is InChI=1S/C23H24F3N3O3/c1-21(2,19-12-31-20(32-19)15-7-4-3-5-8-15)13-22(30,23(24,25)26)14-27-17-9-6-10-18-16(17)11-28-29-18/h3-12,20,27,30H,13-14H2,1-2H3,(H,28,29). The molecule has 0 spiro atoms. The van der Waals surface area contributed by atoms with Crippen LogP contribution in [0.1, 0.15) is 32.1 Å². The second-order valence-electron chi connectivity index (χ2n) is 8.56. The van der Waals surface area contributed by atoms with Crippen LogP contribution in [0.15, 0.2) is 66.7 Å². The van der Waals surface area contributed by atoms with Crippen molar-refractivity contribution in [1.82, 2.24) is 10.2 Å². The Morgan fingerprint density at radius 3 is 2.56 bits per heavy atom. The van der Waals surface area contributed by atoms with E-state index in [1.807, 2.05) is 18.2 Å². The van der Waals surface area contributed by atoms with Gasteiger partial charge < -0.3 is 19.9 Å². The topological polar surface area (TPSA) is 79.4 Å². The van der Waals surface area contributed by atoms with Gasteiger partial charge in [0.25, 0.3) is 6.29 Å². The van der Waals surface area contributed by atoms with Gasteiger partial charge in [0.2, 0.25) is 0 Å². The molecular weight excluding hydrogens is 423 g/mol. The van der Waals surface area contributed by atoms with Crippen LogP contribution < -0.4 is 5.32 Å². The number of rotatable bonds is 7. The summed E-state index contributed by atoms with van der Waals surface area (Å²) in [6, 6.07) is 14.2. The number of fused-ring (bicyclic) bond motifs is 1. The van der Waals surface area contributed by atoms with Crippen LogP contribution in [-0.2, 0) is 9.47 Å². The van der Waals surface area contributed by atoms with Crippen LogP contribution in [0, 0.1) is 5.41 Å². The SMILES string of the molecule is CC(C)(CC(O)(CNc1cccc2[nH]ncc12)C(F)(F)F)C1=COC(c2ccccc2)O1. The highest BCUT2D eigenvalue weighted by Crippen LogP contribution is 2.46. The lowest BCUT2D eigenvalue weighted by Gasteiger charge is -2.37. The molecule has 0 saturated carbocycles. The number of halogens is 3. The summed E-state index contributed by atoms with van der Waals surface area (Å²) in [4.78, 5) is 0. The lowest BCUT2D eigenvalue weighted by atomic mass is 9.78. The summed E-state index contributed by atoms with van der Waals surface area (Å²) in [5.74, 6) is 0.242. The average Bonchev–Trinajstić information content (AvgIpc) is 3.42. The number of nitrogens with zero attached hydrogens (tertiary/aromatic N) is 1. The number of hydrogen-bond donors (Lipinski definition) is 3. The number of hydrogen-bond acceptors (Lipinski definition) is 5. The molecule has 3 N–H and O–H groups in total. The molecule has 0 amide bonds. The molecular formula is C23H24F3N3O3. The average molecular weight is 447 g/mol. The van der Waals surface area contributed by atoms with E-state index >= 15 is 0 Å². The number of allylic oxidation sites excluding steroid dienone is 1. The van der Waals surface area contributed by atoms with Crippen LogP contribution in [0.2, 0.25) is 0 Å². The van der Waals surface area contributed by atoms with Gasteiger partial charge in [-0.3, -0.25) is 5.10 Å². The van der Waals surface area contributed by atoms with Gasteiger partial charge in [-0.2, -0.15) is 18.3 Å². The van der Waals surface area contributed by atoms with E-state index in [1.165, 1.54) is 12.5 Å². The van der Waals surface area contributed by atoms with Crippen LogP contribution >= 0.6 is 0 Å². The van der Waals surface area contributed by atoms with Gasteiger partial charge in [0.1, 0.15) is 12.0 Å². The summed E-state index contributed by atoms with van der Waals surface area (Å²) < 4.78 is 53.4. The number of alkyl halides is 3. The van der Waals surface area contributed by atoms with Crippen LogP contribution in [-0.4, -0.2) is 33.6 Å². The van der Waals surface area contributed by atoms with Crippen molar-refractivity contribution >= 4 is 16.6 Å². The molecule has 6 nitrogen and oxygen atoms in total. The number of aliphatic hydroxyl groups is 1. The fraction of sp³-hybridized carbons (Fsp3) is 0.348. The Morgan fingerprint density at radius 2 is 1.84 bits per heavy atom. The zero-order valence-electron chi connectivity index (χ0n) is 17.6. The van der Waals surface area contributed by atoms with Crippen molar-refractivity contribution in [3.8, 4) is 0 Å². The quantitative estimate of drug-likeness (QED) is 0.460. The molecule has 2 heterocycles. The summed E-state index contributed by atoms with van der Waals surface area (Å²) in [7, 11) is 0. The molecule has 9 heteroatoms. The molecule has 1 aliphatic heterocycles. The van der Waals surface area contributed by atoms with E-state index < -0.39 is 36.4 Å². The molecule has 3 aromatic rings. The fourth-order valence-corrected chi connectivity index (χ4v) is 3.82. The van der Waals surface area contributed by atoms with Gasteiger partial charge in [-0.25, -0.2) is 0 Å². The van der Waals surface area contributed by atoms with E-state index in [9.17, 15) is 18.3 Å². The van der Waals surface area contributed by atoms with Gasteiger partial charge in [0.15, 0.2) is 5.60 Å². The van der Waals surface area contributed by atoms with Crippen molar-refractivity contribution in [2.24, 2.45) is 5.41 Å². The summed E-state index contributed by atoms with van der Waals surface area (Å²) >= 11 is 0. The Kier molecular flexibility index (Phi) is 5.54. The number of aromatic nitrogens is 2. The third kappa shape index (κ3) is 4.25. The van der Waals surface area contributed by atoms with Crippen molar-refractivity contribution in [1.29, 1.82) is 0 Å². The molecule has 2 aromatic carbocycles. The molecule has 0 aliphatic carbocycles. The maximum absolute atomic E-state index is 14.0. The summed E-state index contributed by atoms with van der Waals surface area (Å²) in [5.41, 5.74) is -2.30. The van der Waals surface area contributed by atoms with Crippen LogP contribution in [0.3, 0.4) is 0 Å². The van der Waals surface area contributed by atoms with Gasteiger partial charge in [-0.1, -0.05) is 50.2 Å². The zero-order valence-corrected chi connectivity index (χ0v) is 17.6. The second-order valence-corrected chi connectivity index (χ2v) is 8.56. The number of H-pyrrole nitrogens is 1. The highest BCUT2D eigenvalue weighted by Gasteiger charge is 2.57. The first-order chi connectivity index (χ1) is 15.1. The van der Waals surface area contributed by atoms with Gasteiger partial charge in [0, 0.05) is 22.1 Å². The third-order valence-electron chi connectivity index (χ3n) is 5.59. The van der Waals surface area contributed by atoms with E-state index in [1.54, 1.807) is 44.2 Å². The summed E-state index contributed by atoms with van der Waals surface area (Å²) in [5, 5.41) is 20.8. The van der Waals surface area contributed by atoms with Crippen molar-refractivity contribution < 1.29 is 27.8 Å². The minimum Gasteiger partial charge on any atom is -0.455 e. The second kappa shape index (κ2) is 8.05. The molecule has 32 heavy (non-hydrogen) atoms. The molecule has 0 radical (unpaired) electrons. The Morgan fingerprint density at radius 1 is 1.09 bits per heavy atom. The highest BCUT2D eigenvalue weighted by molar-refractivity contribution is 5.90. The van der Waals surface area contributed by atoms with E-state index in [0.29, 0.717) is 16.6 Å². The predicted octanol–water partition coefficient (Wildman–Crippen LogP) is 5.27. The summed E-state index contributed by atoms with van der Waals surface area (Å²) in [6.45, 7) is 2.44. The van der Waals surface area contributed by atoms with Crippen LogP contribution in [0.4, 0.5) is 18.9 Å². The Labute approximate surface area is 183 Å². The van der Waals surface area contributed by atoms with Gasteiger partial charge in [0.05, 0.1) is 18.3 Å². The lowest BCUT2D eigenvalue weighted by molar-refractivity contribution is -0.263. The van der Waals surface area contributed by atoms with Gasteiger partial charge >= 0.3 is 6.18 Å². The van der Waals surface area contributed by atoms with Gasteiger partial charge in [-0.05, 0) is 18.6 Å². The molecule has 1 aliphatic rings. The molecule has 0 fully saturated rings. The van der Waals surface area contributed by atoms with E-state index in [0.717, 1.165) is 5.56 Å². The highest BCUT2D eigenvalue weighted by atomic mass is 19.4. The minimum absolute atomic E-state index is 0.242. The largest absolute Gasteiger partial charge is 0.455 e. The Balaban J connectivity index is 1.51. The Hall–Kier alpha value is -3.20. The molecule has 0 bridgehead atoms. The fourth-order valence-electron chi connectivity index (χ4n) is 3.82. The normalized spacial score (nSPS) is 18.6. The van der Waals surface area contributed by atoms with Crippen molar-refractivity contribution in [2.45, 2.75) is 38.3 Å². The first-order valence-corrected chi connectivity index (χ1v) is 10.1. The maximum atomic E-state index is 14.0. The molecule has 1 aromatic heterocycles. The lowest BCUT2D eigenvalue weighted by Crippen LogP contribution is -2.53. The summed E-state index contributed by atoms with van der Waals surface area (Å²) in [6.07, 6.45) is -3.39. The van der Waals surface area contributed by atoms with Crippen LogP contribution in [0.25, 0.3) is 10.9 Å². The first-order valence-electron chi connectivity index (χ1n) is 10.1. The predicted molar refractivity (Wildman–Crippen MR) is 113 cm³/mol. The van der Waals surface area contributed by atoms with E-state index in [2.05, 4.69) is 15.5 Å². The molecule has 0 saturated heterocycles. The molecule has 170 valence electrons. The smallest absolute Gasteiger partial charge is 0.418 e. The van der Waals surface area contributed by atoms with Crippen LogP contribution in [0.5, 0.6) is 0 Å². The maximum Gasteiger partial charge on any atom is 0.418 e. The van der Waals surface area contributed by atoms with E-state index in [-0.39, 0.29) is 5.76 Å². The number of anilines is 1. The van der Waals surface area contributed by atoms with Crippen molar-refractivity contribution in [3.05, 3.63) is 72.3 Å². The molecule has 2 unspecified atom stereocenters. The number of benzene rings is 2. The minimum atomic E-state index is -4.87. The van der Waals surface area contributed by atoms with E-state index in [4.69, 9.17) is 9.47 Å². The zero-order chi connectivity index (χ0) is 23.0. The number of ether oxygens (including phenoxy) is 2. The number of aromatic amines is 1. The van der Waals surface area contributed by atoms with Gasteiger partial charge in [-0.15, -0.1) is 0 Å². The third-order valence-corrected chi connectivity index (χ3v) is 5.59. The number of nitrogens with one attached hydrogen (secondary N) is 2. The Bertz CT molecular complexity index is 1110.